The van der Waals surface area contributed by atoms with Crippen LogP contribution in [0.1, 0.15) is 32.1 Å². The van der Waals surface area contributed by atoms with E-state index in [-0.39, 0.29) is 5.69 Å². The lowest BCUT2D eigenvalue weighted by Crippen LogP contribution is -2.37. The van der Waals surface area contributed by atoms with Crippen molar-refractivity contribution in [3.63, 3.8) is 0 Å². The summed E-state index contributed by atoms with van der Waals surface area (Å²) in [5, 5.41) is 15.3. The van der Waals surface area contributed by atoms with Gasteiger partial charge in [-0.3, -0.25) is 19.8 Å². The minimum absolute atomic E-state index is 0.0549. The van der Waals surface area contributed by atoms with Crippen LogP contribution in [0.5, 0.6) is 0 Å². The number of nitro groups is 1. The number of rotatable bonds is 6. The Morgan fingerprint density at radius 1 is 1.10 bits per heavy atom. The molecule has 0 unspecified atom stereocenters. The van der Waals surface area contributed by atoms with Crippen molar-refractivity contribution >= 4 is 11.6 Å². The molecule has 0 aliphatic carbocycles. The van der Waals surface area contributed by atoms with Gasteiger partial charge in [0.15, 0.2) is 5.82 Å². The zero-order chi connectivity index (χ0) is 20.2. The molecule has 0 spiro atoms. The fourth-order valence-electron chi connectivity index (χ4n) is 4.11. The summed E-state index contributed by atoms with van der Waals surface area (Å²) in [6.45, 7) is 4.42. The van der Waals surface area contributed by atoms with Gasteiger partial charge in [-0.2, -0.15) is 0 Å². The number of hydrogen-bond donors (Lipinski definition) is 0. The summed E-state index contributed by atoms with van der Waals surface area (Å²) in [5.74, 6) is 1.36. The second-order valence-electron chi connectivity index (χ2n) is 7.91. The highest BCUT2D eigenvalue weighted by atomic mass is 16.6. The molecule has 0 N–H and O–H groups in total. The van der Waals surface area contributed by atoms with Gasteiger partial charge >= 0.3 is 0 Å². The van der Waals surface area contributed by atoms with Crippen LogP contribution in [0, 0.1) is 16.0 Å². The van der Waals surface area contributed by atoms with Crippen molar-refractivity contribution in [1.29, 1.82) is 0 Å². The van der Waals surface area contributed by atoms with Crippen LogP contribution in [0.25, 0.3) is 11.4 Å². The Morgan fingerprint density at radius 2 is 1.79 bits per heavy atom. The van der Waals surface area contributed by atoms with E-state index in [4.69, 9.17) is 0 Å². The Morgan fingerprint density at radius 3 is 2.45 bits per heavy atom. The van der Waals surface area contributed by atoms with Crippen LogP contribution in [0.15, 0.2) is 30.6 Å². The quantitative estimate of drug-likeness (QED) is 0.548. The Kier molecular flexibility index (Phi) is 5.84. The van der Waals surface area contributed by atoms with Crippen molar-refractivity contribution < 1.29 is 9.72 Å². The standard InChI is InChI=1S/C20H26N6O3/c27-19(24-9-1-2-10-24)13-16-7-11-23(12-8-16)15-25-14-21-20(22-25)17-3-5-18(6-4-17)26(28)29/h3-6,14,16H,1-2,7-13,15H2. The zero-order valence-electron chi connectivity index (χ0n) is 16.4. The molecule has 154 valence electrons. The highest BCUT2D eigenvalue weighted by molar-refractivity contribution is 5.76. The first kappa shape index (κ1) is 19.5. The van der Waals surface area contributed by atoms with E-state index >= 15 is 0 Å². The molecule has 9 nitrogen and oxygen atoms in total. The zero-order valence-corrected chi connectivity index (χ0v) is 16.4. The summed E-state index contributed by atoms with van der Waals surface area (Å²) >= 11 is 0. The van der Waals surface area contributed by atoms with Crippen LogP contribution in [0.2, 0.25) is 0 Å². The Balaban J connectivity index is 1.26. The maximum atomic E-state index is 12.3. The van der Waals surface area contributed by atoms with Crippen LogP contribution in [-0.4, -0.2) is 61.6 Å². The Hall–Kier alpha value is -2.81. The third kappa shape index (κ3) is 4.79. The minimum Gasteiger partial charge on any atom is -0.343 e. The molecule has 1 aromatic heterocycles. The molecule has 2 fully saturated rings. The molecular formula is C20H26N6O3. The smallest absolute Gasteiger partial charge is 0.269 e. The van der Waals surface area contributed by atoms with E-state index in [1.54, 1.807) is 23.1 Å². The molecule has 3 heterocycles. The normalized spacial score (nSPS) is 18.3. The van der Waals surface area contributed by atoms with Crippen molar-refractivity contribution in [1.82, 2.24) is 24.6 Å². The second-order valence-corrected chi connectivity index (χ2v) is 7.91. The lowest BCUT2D eigenvalue weighted by Gasteiger charge is -2.32. The molecule has 2 aliphatic rings. The van der Waals surface area contributed by atoms with E-state index in [1.807, 2.05) is 4.90 Å². The molecule has 1 amide bonds. The number of amides is 1. The molecular weight excluding hydrogens is 372 g/mol. The van der Waals surface area contributed by atoms with E-state index < -0.39 is 4.92 Å². The summed E-state index contributed by atoms with van der Waals surface area (Å²) in [6.07, 6.45) is 6.72. The molecule has 2 saturated heterocycles. The molecule has 2 aliphatic heterocycles. The number of nitrogens with zero attached hydrogens (tertiary/aromatic N) is 6. The SMILES string of the molecule is O=C(CC1CCN(Cn2cnc(-c3ccc([N+](=O)[O-])cc3)n2)CC1)N1CCCC1. The maximum absolute atomic E-state index is 12.3. The third-order valence-corrected chi connectivity index (χ3v) is 5.85. The van der Waals surface area contributed by atoms with Crippen LogP contribution >= 0.6 is 0 Å². The van der Waals surface area contributed by atoms with E-state index in [0.717, 1.165) is 57.4 Å². The molecule has 1 aromatic carbocycles. The second kappa shape index (κ2) is 8.69. The topological polar surface area (TPSA) is 97.4 Å². The maximum Gasteiger partial charge on any atom is 0.269 e. The van der Waals surface area contributed by atoms with Crippen molar-refractivity contribution in [2.75, 3.05) is 26.2 Å². The summed E-state index contributed by atoms with van der Waals surface area (Å²) < 4.78 is 1.80. The van der Waals surface area contributed by atoms with Gasteiger partial charge in [0, 0.05) is 50.3 Å². The van der Waals surface area contributed by atoms with E-state index in [1.165, 1.54) is 12.1 Å². The lowest BCUT2D eigenvalue weighted by molar-refractivity contribution is -0.384. The first-order valence-corrected chi connectivity index (χ1v) is 10.2. The van der Waals surface area contributed by atoms with Crippen LogP contribution in [0.4, 0.5) is 5.69 Å². The van der Waals surface area contributed by atoms with Gasteiger partial charge in [0.05, 0.1) is 11.6 Å². The first-order valence-electron chi connectivity index (χ1n) is 10.2. The van der Waals surface area contributed by atoms with E-state index in [2.05, 4.69) is 15.0 Å². The average molecular weight is 398 g/mol. The van der Waals surface area contributed by atoms with Crippen LogP contribution in [0.3, 0.4) is 0 Å². The van der Waals surface area contributed by atoms with Gasteiger partial charge in [-0.25, -0.2) is 9.67 Å². The van der Waals surface area contributed by atoms with Gasteiger partial charge in [-0.1, -0.05) is 0 Å². The van der Waals surface area contributed by atoms with E-state index in [0.29, 0.717) is 30.7 Å². The predicted octanol–water partition coefficient (Wildman–Crippen LogP) is 2.54. The predicted molar refractivity (Wildman–Crippen MR) is 107 cm³/mol. The number of non-ortho nitro benzene ring substituents is 1. The molecule has 0 radical (unpaired) electrons. The Bertz CT molecular complexity index is 851. The van der Waals surface area contributed by atoms with Crippen molar-refractivity contribution in [2.45, 2.75) is 38.8 Å². The van der Waals surface area contributed by atoms with E-state index in [9.17, 15) is 14.9 Å². The van der Waals surface area contributed by atoms with Gasteiger partial charge in [0.25, 0.3) is 5.69 Å². The molecule has 2 aromatic rings. The fourth-order valence-corrected chi connectivity index (χ4v) is 4.11. The van der Waals surface area contributed by atoms with Crippen molar-refractivity contribution in [2.24, 2.45) is 5.92 Å². The fraction of sp³-hybridized carbons (Fsp3) is 0.550. The molecule has 29 heavy (non-hydrogen) atoms. The Labute approximate surface area is 169 Å². The minimum atomic E-state index is -0.419. The van der Waals surface area contributed by atoms with Gasteiger partial charge < -0.3 is 4.90 Å². The van der Waals surface area contributed by atoms with Crippen LogP contribution in [-0.2, 0) is 11.5 Å². The average Bonchev–Trinajstić information content (AvgIpc) is 3.42. The summed E-state index contributed by atoms with van der Waals surface area (Å²) in [5.41, 5.74) is 0.813. The summed E-state index contributed by atoms with van der Waals surface area (Å²) in [7, 11) is 0. The van der Waals surface area contributed by atoms with Crippen molar-refractivity contribution in [3.8, 4) is 11.4 Å². The van der Waals surface area contributed by atoms with Gasteiger partial charge in [0.1, 0.15) is 6.33 Å². The molecule has 9 heteroatoms. The number of hydrogen-bond acceptors (Lipinski definition) is 6. The molecule has 0 saturated carbocycles. The summed E-state index contributed by atoms with van der Waals surface area (Å²) in [4.78, 5) is 31.4. The molecule has 4 rings (SSSR count). The number of carbonyl (C=O) groups excluding carboxylic acids is 1. The first-order chi connectivity index (χ1) is 14.1. The number of piperidine rings is 1. The third-order valence-electron chi connectivity index (χ3n) is 5.85. The number of nitro benzene ring substituents is 1. The largest absolute Gasteiger partial charge is 0.343 e. The lowest BCUT2D eigenvalue weighted by atomic mass is 9.93. The molecule has 0 bridgehead atoms. The monoisotopic (exact) mass is 398 g/mol. The van der Waals surface area contributed by atoms with Gasteiger partial charge in [-0.05, 0) is 43.7 Å². The van der Waals surface area contributed by atoms with Gasteiger partial charge in [-0.15, -0.1) is 5.10 Å². The number of aromatic nitrogens is 3. The van der Waals surface area contributed by atoms with Crippen molar-refractivity contribution in [3.05, 3.63) is 40.7 Å². The summed E-state index contributed by atoms with van der Waals surface area (Å²) in [6, 6.07) is 6.26. The van der Waals surface area contributed by atoms with Gasteiger partial charge in [0.2, 0.25) is 5.91 Å². The van der Waals surface area contributed by atoms with Crippen LogP contribution < -0.4 is 0 Å². The number of benzene rings is 1. The number of likely N-dealkylation sites (tertiary alicyclic amines) is 2. The highest BCUT2D eigenvalue weighted by Gasteiger charge is 2.25. The highest BCUT2D eigenvalue weighted by Crippen LogP contribution is 2.23. The number of carbonyl (C=O) groups is 1. The molecule has 0 atom stereocenters.